The smallest absolute Gasteiger partial charge is 0.230 e. The van der Waals surface area contributed by atoms with Crippen molar-refractivity contribution in [3.63, 3.8) is 0 Å². The minimum absolute atomic E-state index is 0.0344. The number of nitrogens with zero attached hydrogens (tertiary/aromatic N) is 2. The van der Waals surface area contributed by atoms with Crippen molar-refractivity contribution in [3.05, 3.63) is 47.0 Å². The molecule has 2 aromatic rings. The number of nitrogens with one attached hydrogen (secondary N) is 1. The van der Waals surface area contributed by atoms with Crippen LogP contribution < -0.4 is 5.32 Å². The van der Waals surface area contributed by atoms with E-state index in [-0.39, 0.29) is 11.7 Å². The number of carbonyl (C=O) groups is 1. The van der Waals surface area contributed by atoms with E-state index in [1.165, 1.54) is 61.7 Å². The Bertz CT molecular complexity index is 751. The van der Waals surface area contributed by atoms with Gasteiger partial charge < -0.3 is 9.88 Å². The van der Waals surface area contributed by atoms with Gasteiger partial charge in [-0.05, 0) is 44.4 Å². The fourth-order valence-electron chi connectivity index (χ4n) is 3.45. The number of benzene rings is 1. The zero-order valence-corrected chi connectivity index (χ0v) is 16.2. The molecule has 0 radical (unpaired) electrons. The van der Waals surface area contributed by atoms with Gasteiger partial charge in [-0.3, -0.25) is 4.79 Å². The van der Waals surface area contributed by atoms with E-state index in [2.05, 4.69) is 21.8 Å². The van der Waals surface area contributed by atoms with Crippen LogP contribution in [0.2, 0.25) is 0 Å². The lowest BCUT2D eigenvalue weighted by atomic mass is 9.95. The molecule has 1 aliphatic carbocycles. The van der Waals surface area contributed by atoms with E-state index in [0.717, 1.165) is 16.4 Å². The summed E-state index contributed by atoms with van der Waals surface area (Å²) in [5.74, 6) is 0.0350. The Hall–Kier alpha value is -1.82. The zero-order valence-electron chi connectivity index (χ0n) is 15.4. The Kier molecular flexibility index (Phi) is 6.35. The second-order valence-corrected chi connectivity index (χ2v) is 7.86. The maximum absolute atomic E-state index is 12.9. The maximum atomic E-state index is 12.9. The average molecular weight is 376 g/mol. The number of imidazole rings is 1. The van der Waals surface area contributed by atoms with Crippen LogP contribution in [-0.2, 0) is 11.3 Å². The number of rotatable bonds is 6. The molecule has 1 heterocycles. The monoisotopic (exact) mass is 375 g/mol. The van der Waals surface area contributed by atoms with Crippen molar-refractivity contribution in [1.29, 1.82) is 0 Å². The molecular formula is C20H26FN3OS. The molecule has 0 spiro atoms. The van der Waals surface area contributed by atoms with Gasteiger partial charge in [-0.15, -0.1) is 0 Å². The van der Waals surface area contributed by atoms with E-state index >= 15 is 0 Å². The first-order valence-corrected chi connectivity index (χ1v) is 10.2. The van der Waals surface area contributed by atoms with E-state index in [1.54, 1.807) is 12.1 Å². The Balaban J connectivity index is 1.57. The minimum Gasteiger partial charge on any atom is -0.351 e. The molecule has 1 N–H and O–H groups in total. The number of hydrogen-bond donors (Lipinski definition) is 1. The van der Waals surface area contributed by atoms with Crippen molar-refractivity contribution in [2.45, 2.75) is 63.7 Å². The SMILES string of the molecule is Cc1nc(SCC(=O)NCc2ccc(F)cc2)n(C2CCCCC2)c1C. The van der Waals surface area contributed by atoms with E-state index in [0.29, 0.717) is 18.3 Å². The van der Waals surface area contributed by atoms with Crippen molar-refractivity contribution in [2.24, 2.45) is 0 Å². The van der Waals surface area contributed by atoms with Crippen LogP contribution in [0.5, 0.6) is 0 Å². The summed E-state index contributed by atoms with van der Waals surface area (Å²) in [6, 6.07) is 6.69. The molecule has 1 aromatic carbocycles. The van der Waals surface area contributed by atoms with Crippen molar-refractivity contribution in [3.8, 4) is 0 Å². The molecular weight excluding hydrogens is 349 g/mol. The van der Waals surface area contributed by atoms with Crippen LogP contribution in [0.1, 0.15) is 55.1 Å². The van der Waals surface area contributed by atoms with Gasteiger partial charge in [-0.25, -0.2) is 9.37 Å². The molecule has 3 rings (SSSR count). The molecule has 1 amide bonds. The van der Waals surface area contributed by atoms with Crippen LogP contribution in [0.3, 0.4) is 0 Å². The lowest BCUT2D eigenvalue weighted by molar-refractivity contribution is -0.118. The Morgan fingerprint density at radius 3 is 2.62 bits per heavy atom. The standard InChI is InChI=1S/C20H26FN3OS/c1-14-15(2)24(18-6-4-3-5-7-18)20(23-14)26-13-19(25)22-12-16-8-10-17(21)11-9-16/h8-11,18H,3-7,12-13H2,1-2H3,(H,22,25). The summed E-state index contributed by atoms with van der Waals surface area (Å²) in [5, 5.41) is 3.84. The molecule has 1 saturated carbocycles. The van der Waals surface area contributed by atoms with Crippen molar-refractivity contribution < 1.29 is 9.18 Å². The van der Waals surface area contributed by atoms with Crippen LogP contribution >= 0.6 is 11.8 Å². The lowest BCUT2D eigenvalue weighted by Crippen LogP contribution is -2.25. The molecule has 1 aliphatic rings. The molecule has 0 unspecified atom stereocenters. The van der Waals surface area contributed by atoms with Gasteiger partial charge in [0.25, 0.3) is 0 Å². The predicted molar refractivity (Wildman–Crippen MR) is 103 cm³/mol. The second-order valence-electron chi connectivity index (χ2n) is 6.92. The number of hydrogen-bond acceptors (Lipinski definition) is 3. The fraction of sp³-hybridized carbons (Fsp3) is 0.500. The molecule has 1 aromatic heterocycles. The number of aromatic nitrogens is 2. The van der Waals surface area contributed by atoms with Gasteiger partial charge >= 0.3 is 0 Å². The van der Waals surface area contributed by atoms with E-state index < -0.39 is 0 Å². The summed E-state index contributed by atoms with van der Waals surface area (Å²) in [6.45, 7) is 4.57. The number of aryl methyl sites for hydroxylation is 1. The van der Waals surface area contributed by atoms with E-state index in [1.807, 2.05) is 6.92 Å². The van der Waals surface area contributed by atoms with Crippen LogP contribution in [0.25, 0.3) is 0 Å². The highest BCUT2D eigenvalue weighted by Gasteiger charge is 2.22. The quantitative estimate of drug-likeness (QED) is 0.753. The summed E-state index contributed by atoms with van der Waals surface area (Å²) < 4.78 is 15.3. The number of thioether (sulfide) groups is 1. The highest BCUT2D eigenvalue weighted by Crippen LogP contribution is 2.34. The molecule has 0 atom stereocenters. The number of halogens is 1. The molecule has 1 fully saturated rings. The molecule has 26 heavy (non-hydrogen) atoms. The number of amides is 1. The third-order valence-corrected chi connectivity index (χ3v) is 5.98. The summed E-state index contributed by atoms with van der Waals surface area (Å²) in [6.07, 6.45) is 6.24. The summed E-state index contributed by atoms with van der Waals surface area (Å²) in [5.41, 5.74) is 3.15. The Labute approximate surface area is 158 Å². The molecule has 0 saturated heterocycles. The largest absolute Gasteiger partial charge is 0.351 e. The second kappa shape index (κ2) is 8.71. The van der Waals surface area contributed by atoms with Gasteiger partial charge in [-0.1, -0.05) is 43.2 Å². The zero-order chi connectivity index (χ0) is 18.5. The van der Waals surface area contributed by atoms with Crippen molar-refractivity contribution >= 4 is 17.7 Å². The third-order valence-electron chi connectivity index (χ3n) is 5.03. The van der Waals surface area contributed by atoms with Gasteiger partial charge in [0.05, 0.1) is 11.4 Å². The fourth-order valence-corrected chi connectivity index (χ4v) is 4.44. The summed E-state index contributed by atoms with van der Waals surface area (Å²) >= 11 is 1.50. The molecule has 0 bridgehead atoms. The van der Waals surface area contributed by atoms with Crippen molar-refractivity contribution in [1.82, 2.24) is 14.9 Å². The topological polar surface area (TPSA) is 46.9 Å². The highest BCUT2D eigenvalue weighted by molar-refractivity contribution is 7.99. The highest BCUT2D eigenvalue weighted by atomic mass is 32.2. The predicted octanol–water partition coefficient (Wildman–Crippen LogP) is 4.55. The third kappa shape index (κ3) is 4.67. The first-order valence-electron chi connectivity index (χ1n) is 9.24. The Morgan fingerprint density at radius 2 is 1.92 bits per heavy atom. The number of carbonyl (C=O) groups excluding carboxylic acids is 1. The molecule has 0 aliphatic heterocycles. The first kappa shape index (κ1) is 19.0. The summed E-state index contributed by atoms with van der Waals surface area (Å²) in [7, 11) is 0. The van der Waals surface area contributed by atoms with Gasteiger partial charge in [0.1, 0.15) is 5.82 Å². The van der Waals surface area contributed by atoms with E-state index in [4.69, 9.17) is 0 Å². The van der Waals surface area contributed by atoms with Gasteiger partial charge in [-0.2, -0.15) is 0 Å². The van der Waals surface area contributed by atoms with Gasteiger partial charge in [0, 0.05) is 18.3 Å². The van der Waals surface area contributed by atoms with Gasteiger partial charge in [0.2, 0.25) is 5.91 Å². The van der Waals surface area contributed by atoms with E-state index in [9.17, 15) is 9.18 Å². The lowest BCUT2D eigenvalue weighted by Gasteiger charge is -2.26. The average Bonchev–Trinajstić information content (AvgIpc) is 2.94. The normalized spacial score (nSPS) is 15.2. The van der Waals surface area contributed by atoms with Crippen LogP contribution in [0, 0.1) is 19.7 Å². The van der Waals surface area contributed by atoms with Crippen LogP contribution in [-0.4, -0.2) is 21.2 Å². The minimum atomic E-state index is -0.268. The first-order chi connectivity index (χ1) is 12.5. The molecule has 4 nitrogen and oxygen atoms in total. The molecule has 6 heteroatoms. The van der Waals surface area contributed by atoms with Gasteiger partial charge in [0.15, 0.2) is 5.16 Å². The van der Waals surface area contributed by atoms with Crippen LogP contribution in [0.4, 0.5) is 4.39 Å². The maximum Gasteiger partial charge on any atom is 0.230 e. The van der Waals surface area contributed by atoms with Crippen molar-refractivity contribution in [2.75, 3.05) is 5.75 Å². The Morgan fingerprint density at radius 1 is 1.23 bits per heavy atom. The van der Waals surface area contributed by atoms with Crippen LogP contribution in [0.15, 0.2) is 29.4 Å². The summed E-state index contributed by atoms with van der Waals surface area (Å²) in [4.78, 5) is 16.9. The molecule has 140 valence electrons.